The van der Waals surface area contributed by atoms with Gasteiger partial charge in [-0.3, -0.25) is 9.36 Å². The van der Waals surface area contributed by atoms with Crippen LogP contribution in [0.1, 0.15) is 0 Å². The Balaban J connectivity index is 2.58. The van der Waals surface area contributed by atoms with Crippen LogP contribution in [0.2, 0.25) is 5.15 Å². The van der Waals surface area contributed by atoms with Crippen molar-refractivity contribution in [2.24, 2.45) is 0 Å². The Labute approximate surface area is 109 Å². The molecule has 0 amide bonds. The number of rotatable bonds is 3. The largest absolute Gasteiger partial charge is 0.493 e. The Morgan fingerprint density at radius 3 is 2.61 bits per heavy atom. The second-order valence-electron chi connectivity index (χ2n) is 3.43. The molecule has 0 aliphatic carbocycles. The van der Waals surface area contributed by atoms with E-state index >= 15 is 0 Å². The van der Waals surface area contributed by atoms with Gasteiger partial charge in [0.05, 0.1) is 19.9 Å². The van der Waals surface area contributed by atoms with Crippen molar-refractivity contribution < 1.29 is 9.47 Å². The average molecular weight is 267 g/mol. The van der Waals surface area contributed by atoms with Crippen LogP contribution in [0.15, 0.2) is 35.4 Å². The highest BCUT2D eigenvalue weighted by atomic mass is 35.5. The van der Waals surface area contributed by atoms with Gasteiger partial charge >= 0.3 is 0 Å². The predicted molar refractivity (Wildman–Crippen MR) is 67.9 cm³/mol. The molecule has 0 bridgehead atoms. The minimum Gasteiger partial charge on any atom is -0.493 e. The normalized spacial score (nSPS) is 10.2. The van der Waals surface area contributed by atoms with Gasteiger partial charge in [0.15, 0.2) is 16.7 Å². The highest BCUT2D eigenvalue weighted by molar-refractivity contribution is 6.29. The van der Waals surface area contributed by atoms with Crippen LogP contribution in [0.4, 0.5) is 0 Å². The summed E-state index contributed by atoms with van der Waals surface area (Å²) in [6, 6.07) is 5.14. The number of hydrogen-bond acceptors (Lipinski definition) is 4. The molecule has 1 aromatic heterocycles. The molecule has 5 nitrogen and oxygen atoms in total. The van der Waals surface area contributed by atoms with Gasteiger partial charge in [0, 0.05) is 18.5 Å². The first-order valence-corrected chi connectivity index (χ1v) is 5.50. The summed E-state index contributed by atoms with van der Waals surface area (Å²) in [7, 11) is 3.08. The van der Waals surface area contributed by atoms with Crippen LogP contribution in [0.5, 0.6) is 11.5 Å². The molecular weight excluding hydrogens is 256 g/mol. The topological polar surface area (TPSA) is 53.4 Å². The third-order valence-electron chi connectivity index (χ3n) is 2.44. The second-order valence-corrected chi connectivity index (χ2v) is 3.79. The fourth-order valence-electron chi connectivity index (χ4n) is 1.57. The van der Waals surface area contributed by atoms with E-state index in [0.29, 0.717) is 17.2 Å². The van der Waals surface area contributed by atoms with Gasteiger partial charge in [-0.1, -0.05) is 11.6 Å². The average Bonchev–Trinajstić information content (AvgIpc) is 2.41. The summed E-state index contributed by atoms with van der Waals surface area (Å²) >= 11 is 5.70. The van der Waals surface area contributed by atoms with E-state index in [1.165, 1.54) is 24.1 Å². The summed E-state index contributed by atoms with van der Waals surface area (Å²) in [6.07, 6.45) is 3.00. The lowest BCUT2D eigenvalue weighted by Gasteiger charge is -2.10. The van der Waals surface area contributed by atoms with Gasteiger partial charge in [0.2, 0.25) is 0 Å². The Morgan fingerprint density at radius 1 is 1.22 bits per heavy atom. The lowest BCUT2D eigenvalue weighted by Crippen LogP contribution is -2.18. The number of benzene rings is 1. The summed E-state index contributed by atoms with van der Waals surface area (Å²) in [4.78, 5) is 15.5. The highest BCUT2D eigenvalue weighted by Crippen LogP contribution is 2.28. The third kappa shape index (κ3) is 2.17. The van der Waals surface area contributed by atoms with Crippen LogP contribution in [-0.4, -0.2) is 23.8 Å². The zero-order valence-corrected chi connectivity index (χ0v) is 10.6. The lowest BCUT2D eigenvalue weighted by molar-refractivity contribution is 0.355. The van der Waals surface area contributed by atoms with Crippen LogP contribution in [0, 0.1) is 0 Å². The summed E-state index contributed by atoms with van der Waals surface area (Å²) in [5, 5.41) is -0.0766. The molecule has 2 aromatic rings. The molecule has 0 aliphatic heterocycles. The highest BCUT2D eigenvalue weighted by Gasteiger charge is 2.08. The van der Waals surface area contributed by atoms with E-state index in [1.54, 1.807) is 25.3 Å². The van der Waals surface area contributed by atoms with Gasteiger partial charge in [0.25, 0.3) is 5.56 Å². The maximum Gasteiger partial charge on any atom is 0.292 e. The minimum absolute atomic E-state index is 0.0766. The molecule has 0 atom stereocenters. The zero-order chi connectivity index (χ0) is 13.1. The van der Waals surface area contributed by atoms with Crippen LogP contribution in [-0.2, 0) is 0 Å². The molecule has 0 N–H and O–H groups in total. The van der Waals surface area contributed by atoms with E-state index < -0.39 is 0 Å². The molecule has 6 heteroatoms. The Hall–Kier alpha value is -2.01. The lowest BCUT2D eigenvalue weighted by atomic mass is 10.2. The van der Waals surface area contributed by atoms with E-state index in [9.17, 15) is 4.79 Å². The van der Waals surface area contributed by atoms with Gasteiger partial charge in [-0.05, 0) is 12.1 Å². The van der Waals surface area contributed by atoms with Gasteiger partial charge < -0.3 is 9.47 Å². The quantitative estimate of drug-likeness (QED) is 0.851. The van der Waals surface area contributed by atoms with E-state index in [-0.39, 0.29) is 10.7 Å². The number of methoxy groups -OCH3 is 2. The Kier molecular flexibility index (Phi) is 3.53. The summed E-state index contributed by atoms with van der Waals surface area (Å²) in [5.41, 5.74) is 0.244. The maximum atomic E-state index is 11.8. The molecule has 1 aromatic carbocycles. The Bertz CT molecular complexity index is 625. The number of aromatic nitrogens is 2. The predicted octanol–water partition coefficient (Wildman–Crippen LogP) is 1.90. The molecule has 0 saturated carbocycles. The SMILES string of the molecule is COc1ccc(-n2ccnc(Cl)c2=O)cc1OC. The first kappa shape index (κ1) is 12.4. The van der Waals surface area contributed by atoms with Crippen molar-refractivity contribution >= 4 is 11.6 Å². The number of ether oxygens (including phenoxy) is 2. The van der Waals surface area contributed by atoms with Gasteiger partial charge in [-0.25, -0.2) is 4.98 Å². The third-order valence-corrected chi connectivity index (χ3v) is 2.70. The van der Waals surface area contributed by atoms with Crippen molar-refractivity contribution in [2.75, 3.05) is 14.2 Å². The van der Waals surface area contributed by atoms with E-state index in [4.69, 9.17) is 21.1 Å². The smallest absolute Gasteiger partial charge is 0.292 e. The number of halogens is 1. The van der Waals surface area contributed by atoms with Crippen molar-refractivity contribution in [1.82, 2.24) is 9.55 Å². The number of nitrogens with zero attached hydrogens (tertiary/aromatic N) is 2. The maximum absolute atomic E-state index is 11.8. The summed E-state index contributed by atoms with van der Waals surface area (Å²) in [5.74, 6) is 1.13. The van der Waals surface area contributed by atoms with Crippen LogP contribution in [0.25, 0.3) is 5.69 Å². The fourth-order valence-corrected chi connectivity index (χ4v) is 1.71. The fraction of sp³-hybridized carbons (Fsp3) is 0.167. The molecule has 94 valence electrons. The van der Waals surface area contributed by atoms with Gasteiger partial charge in [-0.2, -0.15) is 0 Å². The van der Waals surface area contributed by atoms with Gasteiger partial charge in [0.1, 0.15) is 0 Å². The van der Waals surface area contributed by atoms with E-state index in [0.717, 1.165) is 0 Å². The first-order valence-electron chi connectivity index (χ1n) is 5.13. The Morgan fingerprint density at radius 2 is 1.94 bits per heavy atom. The molecule has 1 heterocycles. The van der Waals surface area contributed by atoms with E-state index in [1.807, 2.05) is 0 Å². The summed E-state index contributed by atoms with van der Waals surface area (Å²) < 4.78 is 11.7. The van der Waals surface area contributed by atoms with Crippen molar-refractivity contribution in [3.63, 3.8) is 0 Å². The second kappa shape index (κ2) is 5.10. The summed E-state index contributed by atoms with van der Waals surface area (Å²) in [6.45, 7) is 0. The van der Waals surface area contributed by atoms with Gasteiger partial charge in [-0.15, -0.1) is 0 Å². The molecule has 0 spiro atoms. The van der Waals surface area contributed by atoms with E-state index in [2.05, 4.69) is 4.98 Å². The molecule has 0 unspecified atom stereocenters. The first-order chi connectivity index (χ1) is 8.67. The number of hydrogen-bond donors (Lipinski definition) is 0. The standard InChI is InChI=1S/C12H11ClN2O3/c1-17-9-4-3-8(7-10(9)18-2)15-6-5-14-11(13)12(15)16/h3-7H,1-2H3. The molecule has 0 saturated heterocycles. The molecule has 18 heavy (non-hydrogen) atoms. The van der Waals surface area contributed by atoms with Crippen molar-refractivity contribution in [3.05, 3.63) is 46.1 Å². The van der Waals surface area contributed by atoms with Crippen LogP contribution >= 0.6 is 11.6 Å². The minimum atomic E-state index is -0.383. The molecular formula is C12H11ClN2O3. The molecule has 2 rings (SSSR count). The zero-order valence-electron chi connectivity index (χ0n) is 9.88. The molecule has 0 aliphatic rings. The molecule has 0 radical (unpaired) electrons. The van der Waals surface area contributed by atoms with Crippen molar-refractivity contribution in [1.29, 1.82) is 0 Å². The van der Waals surface area contributed by atoms with Crippen LogP contribution in [0.3, 0.4) is 0 Å². The van der Waals surface area contributed by atoms with Crippen molar-refractivity contribution in [2.45, 2.75) is 0 Å². The van der Waals surface area contributed by atoms with Crippen LogP contribution < -0.4 is 15.0 Å². The molecule has 0 fully saturated rings. The van der Waals surface area contributed by atoms with Crippen molar-refractivity contribution in [3.8, 4) is 17.2 Å². The monoisotopic (exact) mass is 266 g/mol.